The lowest BCUT2D eigenvalue weighted by Crippen LogP contribution is -2.56. The van der Waals surface area contributed by atoms with Crippen molar-refractivity contribution in [3.63, 3.8) is 0 Å². The highest BCUT2D eigenvalue weighted by Gasteiger charge is 2.43. The zero-order valence-corrected chi connectivity index (χ0v) is 18.0. The molecule has 4 rings (SSSR count). The van der Waals surface area contributed by atoms with Crippen LogP contribution in [0, 0.1) is 0 Å². The minimum Gasteiger partial charge on any atom is -0.493 e. The molecule has 1 spiro atoms. The van der Waals surface area contributed by atoms with Crippen molar-refractivity contribution < 1.29 is 28.8 Å². The molecule has 0 radical (unpaired) electrons. The van der Waals surface area contributed by atoms with Crippen LogP contribution in [0.4, 0.5) is 4.79 Å². The van der Waals surface area contributed by atoms with Gasteiger partial charge in [0.15, 0.2) is 11.5 Å². The second-order valence-corrected chi connectivity index (χ2v) is 7.87. The van der Waals surface area contributed by atoms with Gasteiger partial charge in [-0.15, -0.1) is 0 Å². The lowest BCUT2D eigenvalue weighted by Gasteiger charge is -2.45. The Kier molecular flexibility index (Phi) is 5.93. The number of ether oxygens (including phenoxy) is 4. The van der Waals surface area contributed by atoms with Gasteiger partial charge in [0.2, 0.25) is 5.75 Å². The molecule has 1 saturated heterocycles. The molecule has 8 heteroatoms. The van der Waals surface area contributed by atoms with Gasteiger partial charge in [0, 0.05) is 25.2 Å². The van der Waals surface area contributed by atoms with Gasteiger partial charge in [0.05, 0.1) is 33.0 Å². The minimum atomic E-state index is -0.723. The monoisotopic (exact) mass is 428 g/mol. The summed E-state index contributed by atoms with van der Waals surface area (Å²) in [6, 6.07) is 11.2. The number of nitrogens with one attached hydrogen (secondary N) is 1. The Morgan fingerprint density at radius 3 is 2.35 bits per heavy atom. The van der Waals surface area contributed by atoms with Crippen molar-refractivity contribution in [2.75, 3.05) is 41.0 Å². The fourth-order valence-electron chi connectivity index (χ4n) is 4.49. The highest BCUT2D eigenvalue weighted by atomic mass is 16.6. The fraction of sp³-hybridized carbons (Fsp3) is 0.435. The number of benzene rings is 2. The third-order valence-corrected chi connectivity index (χ3v) is 6.16. The maximum atomic E-state index is 12.1. The van der Waals surface area contributed by atoms with Crippen LogP contribution in [0.3, 0.4) is 0 Å². The summed E-state index contributed by atoms with van der Waals surface area (Å²) in [6.07, 6.45) is 0.339. The summed E-state index contributed by atoms with van der Waals surface area (Å²) >= 11 is 0. The first-order valence-electron chi connectivity index (χ1n) is 10.3. The molecule has 1 amide bonds. The molecule has 8 nitrogen and oxygen atoms in total. The molecular weight excluding hydrogens is 400 g/mol. The Hall–Kier alpha value is -2.97. The van der Waals surface area contributed by atoms with E-state index in [1.165, 1.54) is 0 Å². The molecule has 0 aromatic heterocycles. The van der Waals surface area contributed by atoms with E-state index in [1.54, 1.807) is 33.5 Å². The lowest BCUT2D eigenvalue weighted by atomic mass is 9.79. The van der Waals surface area contributed by atoms with Gasteiger partial charge in [-0.05, 0) is 36.6 Å². The van der Waals surface area contributed by atoms with E-state index in [9.17, 15) is 9.90 Å². The van der Waals surface area contributed by atoms with Crippen molar-refractivity contribution in [3.8, 4) is 23.0 Å². The van der Waals surface area contributed by atoms with E-state index in [0.29, 0.717) is 35.1 Å². The molecule has 1 fully saturated rings. The van der Waals surface area contributed by atoms with Crippen LogP contribution in [0.2, 0.25) is 0 Å². The third kappa shape index (κ3) is 4.00. The van der Waals surface area contributed by atoms with Crippen LogP contribution in [-0.2, 0) is 5.54 Å². The number of para-hydroxylation sites is 1. The topological polar surface area (TPSA) is 89.5 Å². The quantitative estimate of drug-likeness (QED) is 0.731. The number of carbonyl (C=O) groups excluding carboxylic acids is 1. The Bertz CT molecular complexity index is 930. The third-order valence-electron chi connectivity index (χ3n) is 6.16. The number of aliphatic hydroxyl groups is 1. The number of fused-ring (bicyclic) bond motifs is 2. The predicted octanol–water partition coefficient (Wildman–Crippen LogP) is 2.84. The van der Waals surface area contributed by atoms with Gasteiger partial charge >= 0.3 is 6.09 Å². The van der Waals surface area contributed by atoms with Crippen molar-refractivity contribution in [2.45, 2.75) is 24.5 Å². The Balaban J connectivity index is 1.47. The number of carbonyl (C=O) groups is 1. The molecule has 0 aliphatic carbocycles. The van der Waals surface area contributed by atoms with Gasteiger partial charge in [0.1, 0.15) is 5.75 Å². The molecule has 0 saturated carbocycles. The maximum absolute atomic E-state index is 12.1. The average Bonchev–Trinajstić information content (AvgIpc) is 2.79. The van der Waals surface area contributed by atoms with E-state index in [4.69, 9.17) is 18.9 Å². The number of amides is 1. The van der Waals surface area contributed by atoms with Gasteiger partial charge in [-0.3, -0.25) is 0 Å². The molecule has 0 bridgehead atoms. The molecule has 2 aliphatic heterocycles. The fourth-order valence-corrected chi connectivity index (χ4v) is 4.49. The molecule has 2 aliphatic rings. The van der Waals surface area contributed by atoms with Gasteiger partial charge in [-0.1, -0.05) is 18.2 Å². The van der Waals surface area contributed by atoms with Gasteiger partial charge in [0.25, 0.3) is 0 Å². The lowest BCUT2D eigenvalue weighted by molar-refractivity contribution is 0.0669. The zero-order chi connectivity index (χ0) is 22.0. The van der Waals surface area contributed by atoms with Crippen molar-refractivity contribution in [2.24, 2.45) is 0 Å². The Morgan fingerprint density at radius 2 is 1.74 bits per heavy atom. The van der Waals surface area contributed by atoms with Crippen molar-refractivity contribution in [3.05, 3.63) is 47.5 Å². The highest BCUT2D eigenvalue weighted by molar-refractivity contribution is 5.75. The predicted molar refractivity (Wildman–Crippen MR) is 114 cm³/mol. The number of likely N-dealkylation sites (tertiary alicyclic amines) is 1. The minimum absolute atomic E-state index is 0.412. The van der Waals surface area contributed by atoms with E-state index in [0.717, 1.165) is 31.5 Å². The molecule has 2 aromatic rings. The van der Waals surface area contributed by atoms with Crippen LogP contribution in [-0.4, -0.2) is 57.1 Å². The molecule has 1 atom stereocenters. The van der Waals surface area contributed by atoms with Crippen LogP contribution >= 0.6 is 0 Å². The number of β-amino-alcohol motifs (C(OH)–C–C–N with tert-alkyl or cyclic N) is 1. The largest absolute Gasteiger partial charge is 0.493 e. The van der Waals surface area contributed by atoms with E-state index >= 15 is 0 Å². The summed E-state index contributed by atoms with van der Waals surface area (Å²) in [5.41, 5.74) is 1.28. The first kappa shape index (κ1) is 21.3. The number of aliphatic hydroxyl groups excluding tert-OH is 1. The summed E-state index contributed by atoms with van der Waals surface area (Å²) in [5.74, 6) is 2.14. The first-order valence-corrected chi connectivity index (χ1v) is 10.3. The summed E-state index contributed by atoms with van der Waals surface area (Å²) in [6.45, 7) is 1.92. The van der Waals surface area contributed by atoms with Crippen molar-refractivity contribution >= 4 is 6.09 Å². The van der Waals surface area contributed by atoms with Crippen LogP contribution in [0.5, 0.6) is 23.0 Å². The molecule has 166 valence electrons. The average molecular weight is 428 g/mol. The second-order valence-electron chi connectivity index (χ2n) is 7.87. The smallest absolute Gasteiger partial charge is 0.413 e. The number of piperidine rings is 1. The number of methoxy groups -OCH3 is 3. The number of hydrogen-bond donors (Lipinski definition) is 2. The summed E-state index contributed by atoms with van der Waals surface area (Å²) in [4.78, 5) is 14.3. The summed E-state index contributed by atoms with van der Waals surface area (Å²) in [5, 5.41) is 13.9. The Labute approximate surface area is 181 Å². The van der Waals surface area contributed by atoms with Crippen molar-refractivity contribution in [1.29, 1.82) is 0 Å². The Morgan fingerprint density at radius 1 is 1.10 bits per heavy atom. The first-order chi connectivity index (χ1) is 15.0. The molecule has 2 N–H and O–H groups in total. The van der Waals surface area contributed by atoms with E-state index in [-0.39, 0.29) is 0 Å². The molecular formula is C23H28N2O6. The van der Waals surface area contributed by atoms with Crippen LogP contribution in [0.1, 0.15) is 30.1 Å². The number of rotatable bonds is 6. The number of hydrogen-bond acceptors (Lipinski definition) is 7. The van der Waals surface area contributed by atoms with E-state index < -0.39 is 17.7 Å². The second kappa shape index (κ2) is 8.64. The SMILES string of the molecule is COc1cc(C(O)CN2CCC3(CC2)NC(=O)Oc2ccccc23)cc(OC)c1OC. The summed E-state index contributed by atoms with van der Waals surface area (Å²) < 4.78 is 21.5. The van der Waals surface area contributed by atoms with Crippen LogP contribution in [0.25, 0.3) is 0 Å². The standard InChI is InChI=1S/C23H28N2O6/c1-28-19-12-15(13-20(29-2)21(19)30-3)17(26)14-25-10-8-23(9-11-25)16-6-4-5-7-18(16)31-22(27)24-23/h4-7,12-13,17,26H,8-11,14H2,1-3H3,(H,24,27). The van der Waals surface area contributed by atoms with Crippen molar-refractivity contribution in [1.82, 2.24) is 10.2 Å². The normalized spacial score (nSPS) is 18.5. The number of nitrogens with zero attached hydrogens (tertiary/aromatic N) is 1. The highest BCUT2D eigenvalue weighted by Crippen LogP contribution is 2.42. The van der Waals surface area contributed by atoms with Gasteiger partial charge in [-0.25, -0.2) is 4.79 Å². The molecule has 2 heterocycles. The van der Waals surface area contributed by atoms with E-state index in [2.05, 4.69) is 10.2 Å². The zero-order valence-electron chi connectivity index (χ0n) is 18.0. The molecule has 31 heavy (non-hydrogen) atoms. The van der Waals surface area contributed by atoms with Gasteiger partial charge < -0.3 is 34.3 Å². The molecule has 2 aromatic carbocycles. The van der Waals surface area contributed by atoms with Crippen LogP contribution < -0.4 is 24.3 Å². The van der Waals surface area contributed by atoms with Gasteiger partial charge in [-0.2, -0.15) is 0 Å². The van der Waals surface area contributed by atoms with E-state index in [1.807, 2.05) is 24.3 Å². The maximum Gasteiger partial charge on any atom is 0.413 e. The summed E-state index contributed by atoms with van der Waals surface area (Å²) in [7, 11) is 4.66. The molecule has 1 unspecified atom stereocenters. The van der Waals surface area contributed by atoms with Crippen LogP contribution in [0.15, 0.2) is 36.4 Å².